The SMILES string of the molecule is Cc1ccc(Cn2cc(NC(=O)c3ccccc3F)c3ccccc32)cc1. The summed E-state index contributed by atoms with van der Waals surface area (Å²) in [6.07, 6.45) is 1.91. The Balaban J connectivity index is 1.68. The molecule has 0 aliphatic carbocycles. The molecule has 0 radical (unpaired) electrons. The number of rotatable bonds is 4. The summed E-state index contributed by atoms with van der Waals surface area (Å²) < 4.78 is 16.0. The summed E-state index contributed by atoms with van der Waals surface area (Å²) in [5.41, 5.74) is 4.11. The molecule has 1 aromatic heterocycles. The molecule has 4 rings (SSSR count). The van der Waals surface area contributed by atoms with Crippen LogP contribution in [0.1, 0.15) is 21.5 Å². The van der Waals surface area contributed by atoms with E-state index < -0.39 is 11.7 Å². The molecule has 4 heteroatoms. The minimum atomic E-state index is -0.529. The molecule has 0 atom stereocenters. The molecule has 0 unspecified atom stereocenters. The van der Waals surface area contributed by atoms with Crippen LogP contribution < -0.4 is 5.32 Å². The summed E-state index contributed by atoms with van der Waals surface area (Å²) in [5, 5.41) is 3.78. The highest BCUT2D eigenvalue weighted by atomic mass is 19.1. The number of aromatic nitrogens is 1. The van der Waals surface area contributed by atoms with Gasteiger partial charge in [0.15, 0.2) is 0 Å². The zero-order valence-corrected chi connectivity index (χ0v) is 14.9. The van der Waals surface area contributed by atoms with Crippen LogP contribution in [-0.4, -0.2) is 10.5 Å². The van der Waals surface area contributed by atoms with Crippen LogP contribution in [0.3, 0.4) is 0 Å². The second-order valence-electron chi connectivity index (χ2n) is 6.61. The first-order valence-electron chi connectivity index (χ1n) is 8.81. The quantitative estimate of drug-likeness (QED) is 0.521. The van der Waals surface area contributed by atoms with E-state index in [4.69, 9.17) is 0 Å². The Morgan fingerprint density at radius 3 is 2.44 bits per heavy atom. The Morgan fingerprint density at radius 1 is 0.963 bits per heavy atom. The van der Waals surface area contributed by atoms with E-state index in [1.165, 1.54) is 23.3 Å². The van der Waals surface area contributed by atoms with Gasteiger partial charge in [0.05, 0.1) is 16.8 Å². The number of hydrogen-bond acceptors (Lipinski definition) is 1. The molecule has 0 bridgehead atoms. The van der Waals surface area contributed by atoms with Crippen LogP contribution in [0.5, 0.6) is 0 Å². The zero-order chi connectivity index (χ0) is 18.8. The van der Waals surface area contributed by atoms with Crippen LogP contribution in [0, 0.1) is 12.7 Å². The Kier molecular flexibility index (Phi) is 4.47. The lowest BCUT2D eigenvalue weighted by molar-refractivity contribution is 0.102. The standard InChI is InChI=1S/C23H19FN2O/c1-16-10-12-17(13-11-16)14-26-15-21(19-7-3-5-9-22(19)26)25-23(27)18-6-2-4-8-20(18)24/h2-13,15H,14H2,1H3,(H,25,27). The fourth-order valence-electron chi connectivity index (χ4n) is 3.20. The predicted octanol–water partition coefficient (Wildman–Crippen LogP) is 5.39. The monoisotopic (exact) mass is 358 g/mol. The van der Waals surface area contributed by atoms with E-state index in [2.05, 4.69) is 41.1 Å². The molecule has 3 nitrogen and oxygen atoms in total. The van der Waals surface area contributed by atoms with Gasteiger partial charge >= 0.3 is 0 Å². The minimum Gasteiger partial charge on any atom is -0.341 e. The molecule has 3 aromatic carbocycles. The topological polar surface area (TPSA) is 34.0 Å². The molecular weight excluding hydrogens is 339 g/mol. The zero-order valence-electron chi connectivity index (χ0n) is 14.9. The van der Waals surface area contributed by atoms with Gasteiger partial charge in [-0.25, -0.2) is 4.39 Å². The Hall–Kier alpha value is -3.40. The van der Waals surface area contributed by atoms with E-state index in [0.29, 0.717) is 12.2 Å². The minimum absolute atomic E-state index is 0.0351. The second-order valence-corrected chi connectivity index (χ2v) is 6.61. The molecule has 0 saturated heterocycles. The van der Waals surface area contributed by atoms with Crippen molar-refractivity contribution in [3.63, 3.8) is 0 Å². The van der Waals surface area contributed by atoms with Crippen molar-refractivity contribution in [1.29, 1.82) is 0 Å². The number of amides is 1. The van der Waals surface area contributed by atoms with Gasteiger partial charge in [-0.3, -0.25) is 4.79 Å². The average molecular weight is 358 g/mol. The molecule has 1 amide bonds. The molecule has 0 saturated carbocycles. The fourth-order valence-corrected chi connectivity index (χ4v) is 3.20. The largest absolute Gasteiger partial charge is 0.341 e. The van der Waals surface area contributed by atoms with Crippen molar-refractivity contribution in [2.75, 3.05) is 5.32 Å². The van der Waals surface area contributed by atoms with Gasteiger partial charge in [-0.05, 0) is 30.7 Å². The number of anilines is 1. The molecule has 0 aliphatic rings. The summed E-state index contributed by atoms with van der Waals surface area (Å²) in [6, 6.07) is 22.2. The van der Waals surface area contributed by atoms with Gasteiger partial charge in [-0.2, -0.15) is 0 Å². The first-order valence-corrected chi connectivity index (χ1v) is 8.81. The number of halogens is 1. The summed E-state index contributed by atoms with van der Waals surface area (Å²) in [7, 11) is 0. The van der Waals surface area contributed by atoms with Crippen LogP contribution in [0.25, 0.3) is 10.9 Å². The van der Waals surface area contributed by atoms with Crippen LogP contribution in [0.2, 0.25) is 0 Å². The number of para-hydroxylation sites is 1. The van der Waals surface area contributed by atoms with E-state index in [1.807, 2.05) is 30.5 Å². The average Bonchev–Trinajstić information content (AvgIpc) is 3.01. The van der Waals surface area contributed by atoms with Gasteiger partial charge in [-0.15, -0.1) is 0 Å². The van der Waals surface area contributed by atoms with Crippen molar-refractivity contribution in [1.82, 2.24) is 4.57 Å². The van der Waals surface area contributed by atoms with E-state index in [0.717, 1.165) is 10.9 Å². The number of nitrogens with one attached hydrogen (secondary N) is 1. The molecule has 134 valence electrons. The third kappa shape index (κ3) is 3.47. The smallest absolute Gasteiger partial charge is 0.258 e. The maximum absolute atomic E-state index is 13.9. The Bertz CT molecular complexity index is 1110. The van der Waals surface area contributed by atoms with Crippen LogP contribution in [-0.2, 0) is 6.54 Å². The van der Waals surface area contributed by atoms with E-state index in [9.17, 15) is 9.18 Å². The number of hydrogen-bond donors (Lipinski definition) is 1. The molecule has 0 fully saturated rings. The highest BCUT2D eigenvalue weighted by molar-refractivity contribution is 6.09. The van der Waals surface area contributed by atoms with Gasteiger partial charge in [0, 0.05) is 18.1 Å². The lowest BCUT2D eigenvalue weighted by atomic mass is 10.1. The van der Waals surface area contributed by atoms with E-state index in [-0.39, 0.29) is 5.56 Å². The molecule has 0 aliphatic heterocycles. The maximum Gasteiger partial charge on any atom is 0.258 e. The lowest BCUT2D eigenvalue weighted by Crippen LogP contribution is -2.13. The van der Waals surface area contributed by atoms with Crippen molar-refractivity contribution in [2.24, 2.45) is 0 Å². The molecular formula is C23H19FN2O. The van der Waals surface area contributed by atoms with Gasteiger partial charge in [0.1, 0.15) is 5.82 Å². The van der Waals surface area contributed by atoms with Gasteiger partial charge in [0.25, 0.3) is 5.91 Å². The van der Waals surface area contributed by atoms with E-state index in [1.54, 1.807) is 12.1 Å². The molecule has 27 heavy (non-hydrogen) atoms. The second kappa shape index (κ2) is 7.08. The van der Waals surface area contributed by atoms with Gasteiger partial charge < -0.3 is 9.88 Å². The first-order chi connectivity index (χ1) is 13.1. The van der Waals surface area contributed by atoms with Crippen LogP contribution in [0.15, 0.2) is 79.0 Å². The van der Waals surface area contributed by atoms with Crippen molar-refractivity contribution < 1.29 is 9.18 Å². The number of aryl methyl sites for hydroxylation is 1. The maximum atomic E-state index is 13.9. The lowest BCUT2D eigenvalue weighted by Gasteiger charge is -2.06. The normalized spacial score (nSPS) is 10.9. The van der Waals surface area contributed by atoms with Crippen LogP contribution in [0.4, 0.5) is 10.1 Å². The number of fused-ring (bicyclic) bond motifs is 1. The molecule has 1 N–H and O–H groups in total. The van der Waals surface area contributed by atoms with Gasteiger partial charge in [-0.1, -0.05) is 60.2 Å². The summed E-state index contributed by atoms with van der Waals surface area (Å²) in [5.74, 6) is -0.982. The highest BCUT2D eigenvalue weighted by Gasteiger charge is 2.15. The number of carbonyl (C=O) groups excluding carboxylic acids is 1. The summed E-state index contributed by atoms with van der Waals surface area (Å²) in [6.45, 7) is 2.75. The first kappa shape index (κ1) is 17.0. The third-order valence-electron chi connectivity index (χ3n) is 4.63. The fraction of sp³-hybridized carbons (Fsp3) is 0.0870. The summed E-state index contributed by atoms with van der Waals surface area (Å²) >= 11 is 0. The number of nitrogens with zero attached hydrogens (tertiary/aromatic N) is 1. The molecule has 0 spiro atoms. The number of carbonyl (C=O) groups is 1. The Labute approximate surface area is 157 Å². The highest BCUT2D eigenvalue weighted by Crippen LogP contribution is 2.27. The molecule has 1 heterocycles. The third-order valence-corrected chi connectivity index (χ3v) is 4.63. The van der Waals surface area contributed by atoms with Crippen LogP contribution >= 0.6 is 0 Å². The molecule has 4 aromatic rings. The number of benzene rings is 3. The van der Waals surface area contributed by atoms with Gasteiger partial charge in [0.2, 0.25) is 0 Å². The van der Waals surface area contributed by atoms with E-state index >= 15 is 0 Å². The van der Waals surface area contributed by atoms with Crippen molar-refractivity contribution in [3.8, 4) is 0 Å². The van der Waals surface area contributed by atoms with Crippen molar-refractivity contribution >= 4 is 22.5 Å². The predicted molar refractivity (Wildman–Crippen MR) is 107 cm³/mol. The summed E-state index contributed by atoms with van der Waals surface area (Å²) in [4.78, 5) is 12.5. The van der Waals surface area contributed by atoms with Crippen molar-refractivity contribution in [2.45, 2.75) is 13.5 Å². The van der Waals surface area contributed by atoms with Crippen molar-refractivity contribution in [3.05, 3.63) is 102 Å². The Morgan fingerprint density at radius 2 is 1.67 bits per heavy atom.